The maximum atomic E-state index is 4.69. The minimum absolute atomic E-state index is 0.646. The first-order valence-corrected chi connectivity index (χ1v) is 6.86. The summed E-state index contributed by atoms with van der Waals surface area (Å²) in [6.07, 6.45) is 6.92. The van der Waals surface area contributed by atoms with Crippen LogP contribution in [0.2, 0.25) is 0 Å². The molecule has 0 saturated heterocycles. The van der Waals surface area contributed by atoms with Crippen LogP contribution < -0.4 is 5.32 Å². The van der Waals surface area contributed by atoms with E-state index in [4.69, 9.17) is 4.98 Å². The second kappa shape index (κ2) is 5.34. The van der Waals surface area contributed by atoms with Crippen LogP contribution in [-0.2, 0) is 6.42 Å². The molecule has 2 aromatic rings. The Hall–Kier alpha value is -1.97. The Morgan fingerprint density at radius 1 is 1.32 bits per heavy atom. The lowest BCUT2D eigenvalue weighted by atomic mass is 10.2. The molecule has 0 amide bonds. The van der Waals surface area contributed by atoms with Crippen molar-refractivity contribution in [1.29, 1.82) is 0 Å². The van der Waals surface area contributed by atoms with Crippen molar-refractivity contribution in [3.63, 3.8) is 0 Å². The number of hydrogen-bond donors (Lipinski definition) is 1. The average Bonchev–Trinajstić information content (AvgIpc) is 3.24. The summed E-state index contributed by atoms with van der Waals surface area (Å²) in [5.74, 6) is 2.47. The van der Waals surface area contributed by atoms with Gasteiger partial charge in [0.25, 0.3) is 0 Å². The number of pyridine rings is 1. The molecule has 3 rings (SSSR count). The van der Waals surface area contributed by atoms with Gasteiger partial charge in [0.15, 0.2) is 0 Å². The molecule has 19 heavy (non-hydrogen) atoms. The van der Waals surface area contributed by atoms with Crippen molar-refractivity contribution in [1.82, 2.24) is 15.0 Å². The first-order chi connectivity index (χ1) is 9.35. The van der Waals surface area contributed by atoms with E-state index in [0.29, 0.717) is 5.92 Å². The average molecular weight is 254 g/mol. The molecular formula is C15H18N4. The van der Waals surface area contributed by atoms with Crippen molar-refractivity contribution >= 4 is 5.82 Å². The monoisotopic (exact) mass is 254 g/mol. The Balaban J connectivity index is 1.86. The Bertz CT molecular complexity index is 549. The summed E-state index contributed by atoms with van der Waals surface area (Å²) < 4.78 is 0. The second-order valence-electron chi connectivity index (χ2n) is 4.94. The largest absolute Gasteiger partial charge is 0.370 e. The van der Waals surface area contributed by atoms with E-state index < -0.39 is 0 Å². The topological polar surface area (TPSA) is 50.7 Å². The molecule has 0 radical (unpaired) electrons. The van der Waals surface area contributed by atoms with Crippen molar-refractivity contribution in [2.45, 2.75) is 32.1 Å². The van der Waals surface area contributed by atoms with Crippen LogP contribution in [-0.4, -0.2) is 21.5 Å². The molecule has 0 spiro atoms. The number of anilines is 1. The zero-order valence-corrected chi connectivity index (χ0v) is 11.1. The van der Waals surface area contributed by atoms with Crippen LogP contribution in [0, 0.1) is 0 Å². The van der Waals surface area contributed by atoms with E-state index in [1.54, 1.807) is 6.20 Å². The molecular weight excluding hydrogens is 236 g/mol. The highest BCUT2D eigenvalue weighted by Crippen LogP contribution is 2.39. The third-order valence-corrected chi connectivity index (χ3v) is 3.23. The third-order valence-electron chi connectivity index (χ3n) is 3.23. The molecule has 2 heterocycles. The lowest BCUT2D eigenvalue weighted by Crippen LogP contribution is -2.06. The number of nitrogens with zero attached hydrogens (tertiary/aromatic N) is 3. The van der Waals surface area contributed by atoms with Crippen molar-refractivity contribution < 1.29 is 0 Å². The number of aromatic nitrogens is 3. The Kier molecular flexibility index (Phi) is 3.40. The smallest absolute Gasteiger partial charge is 0.135 e. The molecule has 0 unspecified atom stereocenters. The van der Waals surface area contributed by atoms with Gasteiger partial charge in [-0.1, -0.05) is 6.07 Å². The molecule has 1 N–H and O–H groups in total. The summed E-state index contributed by atoms with van der Waals surface area (Å²) in [5.41, 5.74) is 2.34. The van der Waals surface area contributed by atoms with E-state index in [1.807, 2.05) is 12.3 Å². The van der Waals surface area contributed by atoms with E-state index >= 15 is 0 Å². The van der Waals surface area contributed by atoms with Gasteiger partial charge >= 0.3 is 0 Å². The van der Waals surface area contributed by atoms with E-state index in [9.17, 15) is 0 Å². The molecule has 0 aromatic carbocycles. The van der Waals surface area contributed by atoms with Crippen molar-refractivity contribution in [3.8, 4) is 0 Å². The SMILES string of the molecule is CCNc1cc(C2CC2)nc(Cc2cccnc2)n1. The number of nitrogens with one attached hydrogen (secondary N) is 1. The van der Waals surface area contributed by atoms with Gasteiger partial charge in [0, 0.05) is 43.0 Å². The van der Waals surface area contributed by atoms with Gasteiger partial charge in [-0.05, 0) is 31.4 Å². The highest BCUT2D eigenvalue weighted by atomic mass is 15.0. The van der Waals surface area contributed by atoms with Crippen LogP contribution in [0.4, 0.5) is 5.82 Å². The van der Waals surface area contributed by atoms with Gasteiger partial charge in [-0.15, -0.1) is 0 Å². The lowest BCUT2D eigenvalue weighted by Gasteiger charge is -2.08. The summed E-state index contributed by atoms with van der Waals surface area (Å²) >= 11 is 0. The van der Waals surface area contributed by atoms with Crippen LogP contribution in [0.15, 0.2) is 30.6 Å². The van der Waals surface area contributed by atoms with Gasteiger partial charge in [-0.2, -0.15) is 0 Å². The number of rotatable bonds is 5. The van der Waals surface area contributed by atoms with E-state index in [-0.39, 0.29) is 0 Å². The molecule has 0 bridgehead atoms. The van der Waals surface area contributed by atoms with Crippen LogP contribution in [0.3, 0.4) is 0 Å². The summed E-state index contributed by atoms with van der Waals surface area (Å²) in [4.78, 5) is 13.4. The Labute approximate surface area is 113 Å². The molecule has 4 heteroatoms. The first-order valence-electron chi connectivity index (χ1n) is 6.86. The molecule has 1 aliphatic carbocycles. The van der Waals surface area contributed by atoms with Gasteiger partial charge in [-0.25, -0.2) is 9.97 Å². The summed E-state index contributed by atoms with van der Waals surface area (Å²) in [5, 5.41) is 3.29. The highest BCUT2D eigenvalue weighted by Gasteiger charge is 2.26. The molecule has 1 fully saturated rings. The molecule has 0 atom stereocenters. The van der Waals surface area contributed by atoms with E-state index in [2.05, 4.69) is 34.3 Å². The molecule has 98 valence electrons. The van der Waals surface area contributed by atoms with Crippen LogP contribution >= 0.6 is 0 Å². The highest BCUT2D eigenvalue weighted by molar-refractivity contribution is 5.38. The fourth-order valence-electron chi connectivity index (χ4n) is 2.14. The molecule has 4 nitrogen and oxygen atoms in total. The first kappa shape index (κ1) is 12.1. The Morgan fingerprint density at radius 2 is 2.21 bits per heavy atom. The zero-order valence-electron chi connectivity index (χ0n) is 11.1. The summed E-state index contributed by atoms with van der Waals surface area (Å²) in [6.45, 7) is 2.97. The maximum absolute atomic E-state index is 4.69. The van der Waals surface area contributed by atoms with Gasteiger partial charge in [-0.3, -0.25) is 4.98 Å². The quantitative estimate of drug-likeness (QED) is 0.891. The van der Waals surface area contributed by atoms with Crippen molar-refractivity contribution in [3.05, 3.63) is 47.7 Å². The summed E-state index contributed by atoms with van der Waals surface area (Å²) in [7, 11) is 0. The van der Waals surface area contributed by atoms with Gasteiger partial charge in [0.2, 0.25) is 0 Å². The Morgan fingerprint density at radius 3 is 2.89 bits per heavy atom. The standard InChI is InChI=1S/C15H18N4/c1-2-17-14-9-13(12-5-6-12)18-15(19-14)8-11-4-3-7-16-10-11/h3-4,7,9-10,12H,2,5-6,8H2,1H3,(H,17,18,19). The molecule has 2 aromatic heterocycles. The minimum Gasteiger partial charge on any atom is -0.370 e. The lowest BCUT2D eigenvalue weighted by molar-refractivity contribution is 0.895. The van der Waals surface area contributed by atoms with Gasteiger partial charge in [0.1, 0.15) is 11.6 Å². The zero-order chi connectivity index (χ0) is 13.1. The van der Waals surface area contributed by atoms with E-state index in [0.717, 1.165) is 30.2 Å². The van der Waals surface area contributed by atoms with Gasteiger partial charge < -0.3 is 5.32 Å². The molecule has 1 saturated carbocycles. The predicted octanol–water partition coefficient (Wildman–Crippen LogP) is 2.77. The van der Waals surface area contributed by atoms with Gasteiger partial charge in [0.05, 0.1) is 0 Å². The van der Waals surface area contributed by atoms with Crippen LogP contribution in [0.25, 0.3) is 0 Å². The van der Waals surface area contributed by atoms with Crippen LogP contribution in [0.1, 0.15) is 42.8 Å². The fourth-order valence-corrected chi connectivity index (χ4v) is 2.14. The van der Waals surface area contributed by atoms with Crippen molar-refractivity contribution in [2.24, 2.45) is 0 Å². The fraction of sp³-hybridized carbons (Fsp3) is 0.400. The molecule has 0 aliphatic heterocycles. The molecule has 1 aliphatic rings. The van der Waals surface area contributed by atoms with E-state index in [1.165, 1.54) is 18.5 Å². The third kappa shape index (κ3) is 3.08. The normalized spacial score (nSPS) is 14.4. The second-order valence-corrected chi connectivity index (χ2v) is 4.94. The summed E-state index contributed by atoms with van der Waals surface area (Å²) in [6, 6.07) is 6.10. The predicted molar refractivity (Wildman–Crippen MR) is 75.2 cm³/mol. The number of hydrogen-bond acceptors (Lipinski definition) is 4. The maximum Gasteiger partial charge on any atom is 0.135 e. The van der Waals surface area contributed by atoms with Crippen molar-refractivity contribution in [2.75, 3.05) is 11.9 Å². The minimum atomic E-state index is 0.646. The van der Waals surface area contributed by atoms with Crippen LogP contribution in [0.5, 0.6) is 0 Å².